The van der Waals surface area contributed by atoms with Gasteiger partial charge in [-0.25, -0.2) is 10.1 Å². The fourth-order valence-corrected chi connectivity index (χ4v) is 3.24. The Morgan fingerprint density at radius 3 is 2.29 bits per heavy atom. The smallest absolute Gasteiger partial charge is 0.267 e. The van der Waals surface area contributed by atoms with E-state index in [0.29, 0.717) is 5.57 Å². The average Bonchev–Trinajstić information content (AvgIpc) is 3.28. The van der Waals surface area contributed by atoms with Gasteiger partial charge in [0, 0.05) is 21.8 Å². The number of halogens is 1. The number of hydrogen-bond donors (Lipinski definition) is 1. The molecule has 1 amide bonds. The molecule has 0 saturated carbocycles. The average molecular weight is 471 g/mol. The van der Waals surface area contributed by atoms with Gasteiger partial charge in [0.05, 0.1) is 18.1 Å². The highest BCUT2D eigenvalue weighted by Crippen LogP contribution is 2.21. The Morgan fingerprint density at radius 2 is 1.58 bits per heavy atom. The number of nitrogens with zero attached hydrogens (tertiary/aromatic N) is 3. The van der Waals surface area contributed by atoms with E-state index in [-0.39, 0.29) is 5.91 Å². The van der Waals surface area contributed by atoms with Crippen LogP contribution in [0.3, 0.4) is 0 Å². The molecule has 0 unspecified atom stereocenters. The number of para-hydroxylation sites is 1. The van der Waals surface area contributed by atoms with Gasteiger partial charge in [-0.3, -0.25) is 4.79 Å². The van der Waals surface area contributed by atoms with E-state index in [1.165, 1.54) is 0 Å². The molecule has 0 aliphatic rings. The minimum Gasteiger partial charge on any atom is -0.267 e. The van der Waals surface area contributed by atoms with Crippen LogP contribution >= 0.6 is 15.9 Å². The summed E-state index contributed by atoms with van der Waals surface area (Å²) in [5.41, 5.74) is 6.56. The van der Waals surface area contributed by atoms with E-state index in [4.69, 9.17) is 0 Å². The first kappa shape index (κ1) is 20.5. The molecule has 4 rings (SSSR count). The lowest BCUT2D eigenvalue weighted by Gasteiger charge is -2.07. The molecule has 3 aromatic carbocycles. The van der Waals surface area contributed by atoms with E-state index in [1.54, 1.807) is 17.1 Å². The molecule has 1 aromatic heterocycles. The van der Waals surface area contributed by atoms with Gasteiger partial charge in [-0.2, -0.15) is 10.2 Å². The predicted molar refractivity (Wildman–Crippen MR) is 128 cm³/mol. The molecule has 0 bridgehead atoms. The number of hydrogen-bond acceptors (Lipinski definition) is 3. The number of carbonyl (C=O) groups excluding carboxylic acids is 1. The van der Waals surface area contributed by atoms with Crippen LogP contribution in [-0.2, 0) is 4.79 Å². The van der Waals surface area contributed by atoms with Crippen molar-refractivity contribution in [3.63, 3.8) is 0 Å². The third kappa shape index (κ3) is 5.43. The molecule has 0 atom stereocenters. The Balaban J connectivity index is 1.61. The number of rotatable bonds is 6. The second kappa shape index (κ2) is 9.82. The standard InChI is InChI=1S/C25H19BrN4O/c26-22-13-11-21(12-14-22)24(25(31)29-27-16-19-7-3-1-4-8-19)15-20-17-28-30(18-20)23-9-5-2-6-10-23/h1-18H,(H,29,31)/b24-15+,27-16+. The van der Waals surface area contributed by atoms with Gasteiger partial charge in [-0.05, 0) is 41.5 Å². The number of nitrogens with one attached hydrogen (secondary N) is 1. The molecule has 1 N–H and O–H groups in total. The van der Waals surface area contributed by atoms with Gasteiger partial charge in [0.1, 0.15) is 0 Å². The third-order valence-electron chi connectivity index (χ3n) is 4.51. The Hall–Kier alpha value is -3.77. The predicted octanol–water partition coefficient (Wildman–Crippen LogP) is 5.33. The maximum Gasteiger partial charge on any atom is 0.271 e. The lowest BCUT2D eigenvalue weighted by molar-refractivity contribution is -0.115. The highest BCUT2D eigenvalue weighted by atomic mass is 79.9. The van der Waals surface area contributed by atoms with Crippen LogP contribution in [0.2, 0.25) is 0 Å². The van der Waals surface area contributed by atoms with Gasteiger partial charge in [-0.15, -0.1) is 0 Å². The monoisotopic (exact) mass is 470 g/mol. The fourth-order valence-electron chi connectivity index (χ4n) is 2.97. The van der Waals surface area contributed by atoms with Gasteiger partial charge >= 0.3 is 0 Å². The maximum atomic E-state index is 13.0. The first-order chi connectivity index (χ1) is 15.2. The summed E-state index contributed by atoms with van der Waals surface area (Å²) in [5, 5.41) is 8.52. The normalized spacial score (nSPS) is 11.6. The molecule has 0 fully saturated rings. The number of hydrazone groups is 1. The van der Waals surface area contributed by atoms with Crippen LogP contribution in [0.4, 0.5) is 0 Å². The number of amides is 1. The zero-order chi connectivity index (χ0) is 21.5. The summed E-state index contributed by atoms with van der Waals surface area (Å²) < 4.78 is 2.71. The second-order valence-corrected chi connectivity index (χ2v) is 7.64. The minimum atomic E-state index is -0.304. The molecule has 0 saturated heterocycles. The van der Waals surface area contributed by atoms with Crippen molar-refractivity contribution in [2.24, 2.45) is 5.10 Å². The summed E-state index contributed by atoms with van der Waals surface area (Å²) >= 11 is 3.44. The zero-order valence-electron chi connectivity index (χ0n) is 16.5. The molecule has 31 heavy (non-hydrogen) atoms. The van der Waals surface area contributed by atoms with Crippen LogP contribution < -0.4 is 5.43 Å². The molecule has 0 radical (unpaired) electrons. The van der Waals surface area contributed by atoms with Crippen molar-refractivity contribution in [1.82, 2.24) is 15.2 Å². The summed E-state index contributed by atoms with van der Waals surface area (Å²) in [5.74, 6) is -0.304. The molecule has 0 spiro atoms. The summed E-state index contributed by atoms with van der Waals surface area (Å²) in [7, 11) is 0. The molecule has 1 heterocycles. The van der Waals surface area contributed by atoms with Crippen molar-refractivity contribution in [3.05, 3.63) is 118 Å². The molecule has 4 aromatic rings. The van der Waals surface area contributed by atoms with E-state index in [9.17, 15) is 4.79 Å². The zero-order valence-corrected chi connectivity index (χ0v) is 18.1. The van der Waals surface area contributed by atoms with Gasteiger partial charge in [0.2, 0.25) is 0 Å². The second-order valence-electron chi connectivity index (χ2n) is 6.73. The molecular formula is C25H19BrN4O. The quantitative estimate of drug-likeness (QED) is 0.235. The summed E-state index contributed by atoms with van der Waals surface area (Å²) in [6.07, 6.45) is 7.04. The number of carbonyl (C=O) groups is 1. The van der Waals surface area contributed by atoms with Gasteiger partial charge in [-0.1, -0.05) is 76.6 Å². The van der Waals surface area contributed by atoms with Crippen LogP contribution in [0.25, 0.3) is 17.3 Å². The van der Waals surface area contributed by atoms with Crippen molar-refractivity contribution in [1.29, 1.82) is 0 Å². The van der Waals surface area contributed by atoms with Crippen LogP contribution in [0.1, 0.15) is 16.7 Å². The Kier molecular flexibility index (Phi) is 6.50. The van der Waals surface area contributed by atoms with Gasteiger partial charge in [0.25, 0.3) is 5.91 Å². The maximum absolute atomic E-state index is 13.0. The van der Waals surface area contributed by atoms with E-state index in [1.807, 2.05) is 97.2 Å². The van der Waals surface area contributed by atoms with Crippen molar-refractivity contribution < 1.29 is 4.79 Å². The molecule has 5 nitrogen and oxygen atoms in total. The van der Waals surface area contributed by atoms with E-state index >= 15 is 0 Å². The molecular weight excluding hydrogens is 452 g/mol. The SMILES string of the molecule is O=C(N/N=C/c1ccccc1)/C(=C/c1cnn(-c2ccccc2)c1)c1ccc(Br)cc1. The van der Waals surface area contributed by atoms with Gasteiger partial charge in [0.15, 0.2) is 0 Å². The number of aromatic nitrogens is 2. The summed E-state index contributed by atoms with van der Waals surface area (Å²) in [6, 6.07) is 27.0. The minimum absolute atomic E-state index is 0.304. The Bertz CT molecular complexity index is 1210. The Morgan fingerprint density at radius 1 is 0.903 bits per heavy atom. The van der Waals surface area contributed by atoms with Crippen molar-refractivity contribution in [2.45, 2.75) is 0 Å². The lowest BCUT2D eigenvalue weighted by Crippen LogP contribution is -2.19. The van der Waals surface area contributed by atoms with Crippen LogP contribution in [0.5, 0.6) is 0 Å². The molecule has 0 aliphatic heterocycles. The topological polar surface area (TPSA) is 59.3 Å². The van der Waals surface area contributed by atoms with Crippen molar-refractivity contribution in [3.8, 4) is 5.69 Å². The molecule has 6 heteroatoms. The van der Waals surface area contributed by atoms with E-state index < -0.39 is 0 Å². The van der Waals surface area contributed by atoms with E-state index in [2.05, 4.69) is 31.6 Å². The first-order valence-electron chi connectivity index (χ1n) is 9.65. The van der Waals surface area contributed by atoms with Crippen molar-refractivity contribution >= 4 is 39.7 Å². The van der Waals surface area contributed by atoms with Crippen LogP contribution in [0.15, 0.2) is 107 Å². The highest BCUT2D eigenvalue weighted by molar-refractivity contribution is 9.10. The summed E-state index contributed by atoms with van der Waals surface area (Å²) in [6.45, 7) is 0. The molecule has 0 aliphatic carbocycles. The van der Waals surface area contributed by atoms with Crippen LogP contribution in [0, 0.1) is 0 Å². The van der Waals surface area contributed by atoms with Crippen molar-refractivity contribution in [2.75, 3.05) is 0 Å². The Labute approximate surface area is 188 Å². The highest BCUT2D eigenvalue weighted by Gasteiger charge is 2.13. The molecule has 152 valence electrons. The summed E-state index contributed by atoms with van der Waals surface area (Å²) in [4.78, 5) is 13.0. The number of benzene rings is 3. The van der Waals surface area contributed by atoms with Crippen LogP contribution in [-0.4, -0.2) is 21.9 Å². The largest absolute Gasteiger partial charge is 0.271 e. The first-order valence-corrected chi connectivity index (χ1v) is 10.4. The lowest BCUT2D eigenvalue weighted by atomic mass is 10.0. The third-order valence-corrected chi connectivity index (χ3v) is 5.04. The fraction of sp³-hybridized carbons (Fsp3) is 0. The van der Waals surface area contributed by atoms with Gasteiger partial charge < -0.3 is 0 Å². The van der Waals surface area contributed by atoms with E-state index in [0.717, 1.165) is 26.9 Å².